The molecular weight excluding hydrogens is 254 g/mol. The number of amides is 1. The van der Waals surface area contributed by atoms with Crippen molar-refractivity contribution in [3.8, 4) is 0 Å². The van der Waals surface area contributed by atoms with Crippen LogP contribution in [0.5, 0.6) is 0 Å². The van der Waals surface area contributed by atoms with Gasteiger partial charge < -0.3 is 10.1 Å². The molecule has 0 aliphatic carbocycles. The Balaban J connectivity index is 1.98. The maximum atomic E-state index is 12.0. The molecule has 0 fully saturated rings. The SMILES string of the molecule is COCc1cccc(CNC(=O)c2ccnc(C)n2)c1. The first-order chi connectivity index (χ1) is 9.69. The molecule has 2 aromatic rings. The first-order valence-electron chi connectivity index (χ1n) is 6.33. The standard InChI is InChI=1S/C15H17N3O2/c1-11-16-7-6-14(18-11)15(19)17-9-12-4-3-5-13(8-12)10-20-2/h3-8H,9-10H2,1-2H3,(H,17,19). The fourth-order valence-corrected chi connectivity index (χ4v) is 1.85. The summed E-state index contributed by atoms with van der Waals surface area (Å²) in [7, 11) is 1.66. The number of ether oxygens (including phenoxy) is 1. The molecule has 20 heavy (non-hydrogen) atoms. The van der Waals surface area contributed by atoms with Crippen LogP contribution in [0, 0.1) is 6.92 Å². The number of nitrogens with one attached hydrogen (secondary N) is 1. The summed E-state index contributed by atoms with van der Waals surface area (Å²) >= 11 is 0. The molecule has 1 N–H and O–H groups in total. The van der Waals surface area contributed by atoms with Gasteiger partial charge in [0.2, 0.25) is 0 Å². The van der Waals surface area contributed by atoms with Gasteiger partial charge in [-0.3, -0.25) is 4.79 Å². The van der Waals surface area contributed by atoms with Crippen molar-refractivity contribution in [1.29, 1.82) is 0 Å². The molecule has 1 amide bonds. The van der Waals surface area contributed by atoms with Crippen LogP contribution < -0.4 is 5.32 Å². The second kappa shape index (κ2) is 6.77. The number of methoxy groups -OCH3 is 1. The van der Waals surface area contributed by atoms with Gasteiger partial charge in [0.05, 0.1) is 6.61 Å². The number of benzene rings is 1. The molecule has 0 unspecified atom stereocenters. The first-order valence-corrected chi connectivity index (χ1v) is 6.33. The predicted molar refractivity (Wildman–Crippen MR) is 75.1 cm³/mol. The molecule has 0 aliphatic rings. The number of hydrogen-bond acceptors (Lipinski definition) is 4. The lowest BCUT2D eigenvalue weighted by Gasteiger charge is -2.07. The Morgan fingerprint density at radius 2 is 2.10 bits per heavy atom. The van der Waals surface area contributed by atoms with E-state index in [4.69, 9.17) is 4.74 Å². The van der Waals surface area contributed by atoms with Gasteiger partial charge in [-0.2, -0.15) is 0 Å². The molecule has 0 saturated heterocycles. The van der Waals surface area contributed by atoms with Crippen molar-refractivity contribution < 1.29 is 9.53 Å². The van der Waals surface area contributed by atoms with Gasteiger partial charge in [-0.1, -0.05) is 24.3 Å². The number of nitrogens with zero attached hydrogens (tertiary/aromatic N) is 2. The van der Waals surface area contributed by atoms with Crippen LogP contribution in [-0.2, 0) is 17.9 Å². The summed E-state index contributed by atoms with van der Waals surface area (Å²) in [4.78, 5) is 20.0. The van der Waals surface area contributed by atoms with Crippen LogP contribution in [0.1, 0.15) is 27.4 Å². The minimum absolute atomic E-state index is 0.201. The molecule has 0 bridgehead atoms. The summed E-state index contributed by atoms with van der Waals surface area (Å²) in [5.41, 5.74) is 2.49. The van der Waals surface area contributed by atoms with Crippen LogP contribution in [0.25, 0.3) is 0 Å². The second-order valence-electron chi connectivity index (χ2n) is 4.42. The van der Waals surface area contributed by atoms with Gasteiger partial charge in [-0.15, -0.1) is 0 Å². The quantitative estimate of drug-likeness (QED) is 0.901. The smallest absolute Gasteiger partial charge is 0.270 e. The van der Waals surface area contributed by atoms with Crippen molar-refractivity contribution in [2.75, 3.05) is 7.11 Å². The Bertz CT molecular complexity index is 599. The van der Waals surface area contributed by atoms with Gasteiger partial charge in [-0.05, 0) is 24.1 Å². The van der Waals surface area contributed by atoms with Gasteiger partial charge in [0.1, 0.15) is 11.5 Å². The summed E-state index contributed by atoms with van der Waals surface area (Å²) in [6.07, 6.45) is 1.58. The highest BCUT2D eigenvalue weighted by molar-refractivity contribution is 5.92. The normalized spacial score (nSPS) is 10.3. The fraction of sp³-hybridized carbons (Fsp3) is 0.267. The van der Waals surface area contributed by atoms with E-state index < -0.39 is 0 Å². The monoisotopic (exact) mass is 271 g/mol. The fourth-order valence-electron chi connectivity index (χ4n) is 1.85. The van der Waals surface area contributed by atoms with Crippen molar-refractivity contribution in [1.82, 2.24) is 15.3 Å². The third kappa shape index (κ3) is 3.86. The zero-order valence-electron chi connectivity index (χ0n) is 11.6. The summed E-state index contributed by atoms with van der Waals surface area (Å²) in [6.45, 7) is 2.78. The second-order valence-corrected chi connectivity index (χ2v) is 4.42. The zero-order valence-corrected chi connectivity index (χ0v) is 11.6. The average Bonchev–Trinajstić information content (AvgIpc) is 2.45. The summed E-state index contributed by atoms with van der Waals surface area (Å²) < 4.78 is 5.09. The lowest BCUT2D eigenvalue weighted by Crippen LogP contribution is -2.24. The average molecular weight is 271 g/mol. The van der Waals surface area contributed by atoms with E-state index in [1.807, 2.05) is 24.3 Å². The number of aromatic nitrogens is 2. The molecule has 0 atom stereocenters. The van der Waals surface area contributed by atoms with Gasteiger partial charge in [0.15, 0.2) is 0 Å². The molecule has 1 aromatic carbocycles. The molecule has 0 spiro atoms. The van der Waals surface area contributed by atoms with Gasteiger partial charge in [-0.25, -0.2) is 9.97 Å². The zero-order chi connectivity index (χ0) is 14.4. The molecule has 0 saturated carbocycles. The first kappa shape index (κ1) is 14.1. The third-order valence-corrected chi connectivity index (χ3v) is 2.76. The van der Waals surface area contributed by atoms with E-state index in [0.717, 1.165) is 11.1 Å². The van der Waals surface area contributed by atoms with Crippen LogP contribution in [0.15, 0.2) is 36.5 Å². The van der Waals surface area contributed by atoms with E-state index in [9.17, 15) is 4.79 Å². The number of carbonyl (C=O) groups excluding carboxylic acids is 1. The van der Waals surface area contributed by atoms with Crippen molar-refractivity contribution >= 4 is 5.91 Å². The molecule has 1 heterocycles. The van der Waals surface area contributed by atoms with Crippen LogP contribution in [0.2, 0.25) is 0 Å². The van der Waals surface area contributed by atoms with E-state index in [0.29, 0.717) is 24.7 Å². The molecule has 0 aliphatic heterocycles. The lowest BCUT2D eigenvalue weighted by atomic mass is 10.1. The largest absolute Gasteiger partial charge is 0.380 e. The molecule has 104 valence electrons. The van der Waals surface area contributed by atoms with E-state index in [1.54, 1.807) is 26.3 Å². The van der Waals surface area contributed by atoms with Crippen LogP contribution in [0.4, 0.5) is 0 Å². The number of hydrogen-bond donors (Lipinski definition) is 1. The maximum absolute atomic E-state index is 12.0. The predicted octanol–water partition coefficient (Wildman–Crippen LogP) is 1.86. The van der Waals surface area contributed by atoms with Crippen LogP contribution in [0.3, 0.4) is 0 Å². The Labute approximate surface area is 118 Å². The Kier molecular flexibility index (Phi) is 4.79. The minimum Gasteiger partial charge on any atom is -0.380 e. The molecule has 1 aromatic heterocycles. The van der Waals surface area contributed by atoms with E-state index in [-0.39, 0.29) is 5.91 Å². The van der Waals surface area contributed by atoms with Gasteiger partial charge >= 0.3 is 0 Å². The van der Waals surface area contributed by atoms with E-state index in [1.165, 1.54) is 0 Å². The highest BCUT2D eigenvalue weighted by atomic mass is 16.5. The summed E-state index contributed by atoms with van der Waals surface area (Å²) in [5.74, 6) is 0.382. The highest BCUT2D eigenvalue weighted by Crippen LogP contribution is 2.06. The molecule has 0 radical (unpaired) electrons. The summed E-state index contributed by atoms with van der Waals surface area (Å²) in [5, 5.41) is 2.84. The summed E-state index contributed by atoms with van der Waals surface area (Å²) in [6, 6.07) is 9.51. The van der Waals surface area contributed by atoms with Gasteiger partial charge in [0.25, 0.3) is 5.91 Å². The molecule has 2 rings (SSSR count). The Morgan fingerprint density at radius 3 is 2.85 bits per heavy atom. The molecular formula is C15H17N3O2. The third-order valence-electron chi connectivity index (χ3n) is 2.76. The topological polar surface area (TPSA) is 64.1 Å². The van der Waals surface area contributed by atoms with E-state index in [2.05, 4.69) is 15.3 Å². The van der Waals surface area contributed by atoms with Crippen LogP contribution in [-0.4, -0.2) is 23.0 Å². The van der Waals surface area contributed by atoms with Crippen molar-refractivity contribution in [2.45, 2.75) is 20.1 Å². The maximum Gasteiger partial charge on any atom is 0.270 e. The van der Waals surface area contributed by atoms with Crippen molar-refractivity contribution in [3.05, 3.63) is 59.2 Å². The number of aryl methyl sites for hydroxylation is 1. The number of rotatable bonds is 5. The van der Waals surface area contributed by atoms with Crippen LogP contribution >= 0.6 is 0 Å². The van der Waals surface area contributed by atoms with Crippen molar-refractivity contribution in [2.24, 2.45) is 0 Å². The molecule has 5 nitrogen and oxygen atoms in total. The molecule has 5 heteroatoms. The Morgan fingerprint density at radius 1 is 1.30 bits per heavy atom. The van der Waals surface area contributed by atoms with Crippen molar-refractivity contribution in [3.63, 3.8) is 0 Å². The van der Waals surface area contributed by atoms with Gasteiger partial charge in [0, 0.05) is 19.9 Å². The Hall–Kier alpha value is -2.27. The lowest BCUT2D eigenvalue weighted by molar-refractivity contribution is 0.0945. The van der Waals surface area contributed by atoms with E-state index >= 15 is 0 Å². The number of carbonyl (C=O) groups is 1. The minimum atomic E-state index is -0.201. The highest BCUT2D eigenvalue weighted by Gasteiger charge is 2.07.